The summed E-state index contributed by atoms with van der Waals surface area (Å²) in [7, 11) is 0. The largest absolute Gasteiger partial charge is 0.353 e. The van der Waals surface area contributed by atoms with Gasteiger partial charge in [0.1, 0.15) is 0 Å². The van der Waals surface area contributed by atoms with Crippen molar-refractivity contribution in [1.29, 1.82) is 0 Å². The fourth-order valence-electron chi connectivity index (χ4n) is 2.28. The molecule has 2 fully saturated rings. The van der Waals surface area contributed by atoms with Gasteiger partial charge in [0.05, 0.1) is 0 Å². The summed E-state index contributed by atoms with van der Waals surface area (Å²) in [4.78, 5) is 11.7. The molecule has 1 heterocycles. The molecule has 1 amide bonds. The Balaban J connectivity index is 1.63. The molecule has 0 aromatic heterocycles. The predicted octanol–water partition coefficient (Wildman–Crippen LogP) is 0.996. The fourth-order valence-corrected chi connectivity index (χ4v) is 3.23. The number of thioether (sulfide) groups is 1. The van der Waals surface area contributed by atoms with Crippen molar-refractivity contribution in [3.05, 3.63) is 0 Å². The average Bonchev–Trinajstić information content (AvgIpc) is 2.17. The Morgan fingerprint density at radius 2 is 2.33 bits per heavy atom. The lowest BCUT2D eigenvalue weighted by Gasteiger charge is -2.34. The number of carbonyl (C=O) groups excluding carboxylic acids is 1. The zero-order valence-electron chi connectivity index (χ0n) is 9.29. The van der Waals surface area contributed by atoms with Crippen LogP contribution in [-0.2, 0) is 4.79 Å². The third-order valence-electron chi connectivity index (χ3n) is 3.17. The number of nitrogens with one attached hydrogen (secondary N) is 2. The highest BCUT2D eigenvalue weighted by molar-refractivity contribution is 7.99. The van der Waals surface area contributed by atoms with Gasteiger partial charge in [0.15, 0.2) is 0 Å². The van der Waals surface area contributed by atoms with Crippen LogP contribution in [0.3, 0.4) is 0 Å². The van der Waals surface area contributed by atoms with E-state index in [1.54, 1.807) is 0 Å². The molecule has 0 aromatic rings. The molecule has 0 bridgehead atoms. The standard InChI is InChI=1S/C11H20N2OS/c1-8-4-9(5-8)13-11(14)6-10-7-15-3-2-12-10/h8-10,12H,2-7H2,1H3,(H,13,14). The summed E-state index contributed by atoms with van der Waals surface area (Å²) in [6.07, 6.45) is 2.98. The molecule has 1 saturated carbocycles. The molecule has 2 N–H and O–H groups in total. The molecule has 0 aromatic carbocycles. The van der Waals surface area contributed by atoms with Crippen molar-refractivity contribution in [3.8, 4) is 0 Å². The minimum absolute atomic E-state index is 0.229. The van der Waals surface area contributed by atoms with Crippen LogP contribution in [0.1, 0.15) is 26.2 Å². The molecule has 0 radical (unpaired) electrons. The highest BCUT2D eigenvalue weighted by Gasteiger charge is 2.27. The van der Waals surface area contributed by atoms with E-state index in [1.807, 2.05) is 11.8 Å². The topological polar surface area (TPSA) is 41.1 Å². The van der Waals surface area contributed by atoms with Gasteiger partial charge in [-0.15, -0.1) is 0 Å². The summed E-state index contributed by atoms with van der Waals surface area (Å²) in [5.41, 5.74) is 0. The van der Waals surface area contributed by atoms with Gasteiger partial charge in [-0.1, -0.05) is 6.92 Å². The maximum absolute atomic E-state index is 11.7. The molecule has 0 spiro atoms. The zero-order chi connectivity index (χ0) is 10.7. The Morgan fingerprint density at radius 3 is 2.93 bits per heavy atom. The van der Waals surface area contributed by atoms with Crippen LogP contribution in [0.4, 0.5) is 0 Å². The van der Waals surface area contributed by atoms with Crippen LogP contribution >= 0.6 is 11.8 Å². The maximum atomic E-state index is 11.7. The molecule has 86 valence electrons. The van der Waals surface area contributed by atoms with E-state index in [-0.39, 0.29) is 5.91 Å². The van der Waals surface area contributed by atoms with E-state index in [0.29, 0.717) is 18.5 Å². The van der Waals surface area contributed by atoms with Gasteiger partial charge in [-0.25, -0.2) is 0 Å². The average molecular weight is 228 g/mol. The number of rotatable bonds is 3. The van der Waals surface area contributed by atoms with Gasteiger partial charge < -0.3 is 10.6 Å². The van der Waals surface area contributed by atoms with Crippen LogP contribution in [-0.4, -0.2) is 36.0 Å². The zero-order valence-corrected chi connectivity index (χ0v) is 10.1. The minimum atomic E-state index is 0.229. The summed E-state index contributed by atoms with van der Waals surface area (Å²) in [5.74, 6) is 3.29. The molecule has 1 saturated heterocycles. The molecule has 3 nitrogen and oxygen atoms in total. The second-order valence-corrected chi connectivity index (χ2v) is 5.92. The lowest BCUT2D eigenvalue weighted by molar-refractivity contribution is -0.123. The number of hydrogen-bond donors (Lipinski definition) is 2. The highest BCUT2D eigenvalue weighted by atomic mass is 32.2. The summed E-state index contributed by atoms with van der Waals surface area (Å²) < 4.78 is 0. The summed E-state index contributed by atoms with van der Waals surface area (Å²) in [6.45, 7) is 3.28. The first-order valence-electron chi connectivity index (χ1n) is 5.84. The van der Waals surface area contributed by atoms with Crippen molar-refractivity contribution in [1.82, 2.24) is 10.6 Å². The van der Waals surface area contributed by atoms with Gasteiger partial charge in [0.2, 0.25) is 5.91 Å². The van der Waals surface area contributed by atoms with Crippen LogP contribution in [0.5, 0.6) is 0 Å². The third-order valence-corrected chi connectivity index (χ3v) is 4.30. The van der Waals surface area contributed by atoms with Gasteiger partial charge >= 0.3 is 0 Å². The summed E-state index contributed by atoms with van der Waals surface area (Å²) in [5, 5.41) is 6.49. The minimum Gasteiger partial charge on any atom is -0.353 e. The second-order valence-electron chi connectivity index (χ2n) is 4.77. The molecule has 1 aliphatic carbocycles. The number of amides is 1. The predicted molar refractivity (Wildman–Crippen MR) is 64.1 cm³/mol. The lowest BCUT2D eigenvalue weighted by atomic mass is 9.82. The van der Waals surface area contributed by atoms with Crippen LogP contribution in [0, 0.1) is 5.92 Å². The Hall–Kier alpha value is -0.220. The fraction of sp³-hybridized carbons (Fsp3) is 0.909. The van der Waals surface area contributed by atoms with E-state index in [0.717, 1.165) is 18.2 Å². The van der Waals surface area contributed by atoms with Crippen LogP contribution in [0.25, 0.3) is 0 Å². The molecule has 1 unspecified atom stereocenters. The SMILES string of the molecule is CC1CC(NC(=O)CC2CSCCN2)C1. The van der Waals surface area contributed by atoms with Gasteiger partial charge in [-0.2, -0.15) is 11.8 Å². The quantitative estimate of drug-likeness (QED) is 0.757. The highest BCUT2D eigenvalue weighted by Crippen LogP contribution is 2.26. The molecule has 15 heavy (non-hydrogen) atoms. The smallest absolute Gasteiger partial charge is 0.221 e. The van der Waals surface area contributed by atoms with E-state index in [4.69, 9.17) is 0 Å². The van der Waals surface area contributed by atoms with Gasteiger partial charge in [-0.05, 0) is 18.8 Å². The first kappa shape index (κ1) is 11.3. The summed E-state index contributed by atoms with van der Waals surface area (Å²) >= 11 is 1.94. The first-order chi connectivity index (χ1) is 7.24. The van der Waals surface area contributed by atoms with Crippen molar-refractivity contribution in [2.75, 3.05) is 18.1 Å². The number of hydrogen-bond acceptors (Lipinski definition) is 3. The normalized spacial score (nSPS) is 35.7. The Bertz CT molecular complexity index is 223. The first-order valence-corrected chi connectivity index (χ1v) is 7.00. The van der Waals surface area contributed by atoms with E-state index in [1.165, 1.54) is 18.6 Å². The van der Waals surface area contributed by atoms with Crippen molar-refractivity contribution in [2.45, 2.75) is 38.3 Å². The van der Waals surface area contributed by atoms with Crippen molar-refractivity contribution < 1.29 is 4.79 Å². The van der Waals surface area contributed by atoms with E-state index in [2.05, 4.69) is 17.6 Å². The van der Waals surface area contributed by atoms with Gasteiger partial charge in [0.25, 0.3) is 0 Å². The molecule has 4 heteroatoms. The third kappa shape index (κ3) is 3.38. The van der Waals surface area contributed by atoms with Crippen molar-refractivity contribution >= 4 is 17.7 Å². The molecule has 1 aliphatic heterocycles. The van der Waals surface area contributed by atoms with E-state index >= 15 is 0 Å². The lowest BCUT2D eigenvalue weighted by Crippen LogP contribution is -2.47. The molecular formula is C11H20N2OS. The Labute approximate surface area is 95.8 Å². The molecular weight excluding hydrogens is 208 g/mol. The van der Waals surface area contributed by atoms with Crippen LogP contribution in [0.15, 0.2) is 0 Å². The summed E-state index contributed by atoms with van der Waals surface area (Å²) in [6, 6.07) is 0.852. The van der Waals surface area contributed by atoms with Crippen molar-refractivity contribution in [2.24, 2.45) is 5.92 Å². The monoisotopic (exact) mass is 228 g/mol. The number of carbonyl (C=O) groups is 1. The Morgan fingerprint density at radius 1 is 1.53 bits per heavy atom. The van der Waals surface area contributed by atoms with Crippen LogP contribution in [0.2, 0.25) is 0 Å². The van der Waals surface area contributed by atoms with Crippen LogP contribution < -0.4 is 10.6 Å². The Kier molecular flexibility index (Phi) is 3.92. The van der Waals surface area contributed by atoms with Crippen molar-refractivity contribution in [3.63, 3.8) is 0 Å². The van der Waals surface area contributed by atoms with E-state index < -0.39 is 0 Å². The maximum Gasteiger partial charge on any atom is 0.221 e. The molecule has 1 atom stereocenters. The van der Waals surface area contributed by atoms with E-state index in [9.17, 15) is 4.79 Å². The molecule has 2 rings (SSSR count). The van der Waals surface area contributed by atoms with Gasteiger partial charge in [0, 0.05) is 36.6 Å². The second kappa shape index (κ2) is 5.21. The molecule has 2 aliphatic rings. The van der Waals surface area contributed by atoms with Gasteiger partial charge in [-0.3, -0.25) is 4.79 Å².